The van der Waals surface area contributed by atoms with E-state index in [-0.39, 0.29) is 0 Å². The third-order valence-corrected chi connectivity index (χ3v) is 4.74. The summed E-state index contributed by atoms with van der Waals surface area (Å²) in [7, 11) is 3.50. The number of hydrogen-bond donors (Lipinski definition) is 4. The number of amides is 1. The normalized spacial score (nSPS) is 24.2. The zero-order valence-corrected chi connectivity index (χ0v) is 16.1. The average molecular weight is 402 g/mol. The summed E-state index contributed by atoms with van der Waals surface area (Å²) in [6.45, 7) is 2.14. The lowest BCUT2D eigenvalue weighted by Crippen LogP contribution is -2.42. The predicted molar refractivity (Wildman–Crippen MR) is 102 cm³/mol. The highest BCUT2D eigenvalue weighted by molar-refractivity contribution is 5.85. The van der Waals surface area contributed by atoms with Crippen LogP contribution in [0, 0.1) is 0 Å². The lowest BCUT2D eigenvalue weighted by molar-refractivity contribution is -0.137. The number of hydrogen-bond acceptors (Lipinski definition) is 9. The van der Waals surface area contributed by atoms with Gasteiger partial charge in [-0.15, -0.1) is 0 Å². The standard InChI is InChI=1S/C17H22N8O4/c1-4-19-16(28)12-10(26)11(27)17(29-12)25-7-20-9-14(18-2)22-13(23-15(9)25)8-5-21-24(3)6-8/h5-7,10-12,17,26-27H,4H2,1-3H3,(H,19,28)(H,18,22,23)/t10?,11?,12-,17?/m1/s1. The highest BCUT2D eigenvalue weighted by atomic mass is 16.6. The fraction of sp³-hybridized carbons (Fsp3) is 0.471. The monoisotopic (exact) mass is 402 g/mol. The largest absolute Gasteiger partial charge is 0.387 e. The van der Waals surface area contributed by atoms with Crippen molar-refractivity contribution in [1.82, 2.24) is 34.6 Å². The number of carbonyl (C=O) groups excluding carboxylic acids is 1. The summed E-state index contributed by atoms with van der Waals surface area (Å²) in [6.07, 6.45) is -0.107. The van der Waals surface area contributed by atoms with E-state index in [2.05, 4.69) is 30.7 Å². The lowest BCUT2D eigenvalue weighted by atomic mass is 10.1. The van der Waals surface area contributed by atoms with Gasteiger partial charge in [-0.3, -0.25) is 14.0 Å². The maximum Gasteiger partial charge on any atom is 0.252 e. The Hall–Kier alpha value is -3.09. The number of imidazole rings is 1. The van der Waals surface area contributed by atoms with Crippen LogP contribution >= 0.6 is 0 Å². The van der Waals surface area contributed by atoms with E-state index in [0.717, 1.165) is 0 Å². The molecule has 1 aliphatic heterocycles. The van der Waals surface area contributed by atoms with Gasteiger partial charge in [-0.25, -0.2) is 15.0 Å². The van der Waals surface area contributed by atoms with Crippen molar-refractivity contribution in [3.05, 3.63) is 18.7 Å². The molecule has 1 aliphatic rings. The number of rotatable bonds is 5. The van der Waals surface area contributed by atoms with Crippen molar-refractivity contribution in [2.45, 2.75) is 31.5 Å². The second-order valence-corrected chi connectivity index (χ2v) is 6.70. The minimum absolute atomic E-state index is 0.382. The Bertz CT molecular complexity index is 1050. The molecular weight excluding hydrogens is 380 g/mol. The van der Waals surface area contributed by atoms with Crippen LogP contribution in [-0.4, -0.2) is 77.3 Å². The Balaban J connectivity index is 1.77. The van der Waals surface area contributed by atoms with Gasteiger partial charge in [0.2, 0.25) is 0 Å². The topological polar surface area (TPSA) is 152 Å². The van der Waals surface area contributed by atoms with Crippen LogP contribution < -0.4 is 10.6 Å². The first-order chi connectivity index (χ1) is 13.9. The van der Waals surface area contributed by atoms with E-state index in [1.807, 2.05) is 0 Å². The van der Waals surface area contributed by atoms with E-state index in [0.29, 0.717) is 34.9 Å². The lowest BCUT2D eigenvalue weighted by Gasteiger charge is -2.16. The van der Waals surface area contributed by atoms with Crippen LogP contribution in [0.1, 0.15) is 13.2 Å². The molecule has 0 spiro atoms. The third kappa shape index (κ3) is 3.20. The first kappa shape index (κ1) is 19.2. The molecule has 4 atom stereocenters. The van der Waals surface area contributed by atoms with Gasteiger partial charge in [0.25, 0.3) is 5.91 Å². The van der Waals surface area contributed by atoms with Crippen molar-refractivity contribution in [3.8, 4) is 11.4 Å². The Morgan fingerprint density at radius 2 is 2.10 bits per heavy atom. The Morgan fingerprint density at radius 3 is 2.76 bits per heavy atom. The molecule has 0 aromatic carbocycles. The predicted octanol–water partition coefficient (Wildman–Crippen LogP) is -0.976. The molecule has 0 radical (unpaired) electrons. The summed E-state index contributed by atoms with van der Waals surface area (Å²) in [5.74, 6) is 0.401. The van der Waals surface area contributed by atoms with E-state index in [9.17, 15) is 15.0 Å². The minimum Gasteiger partial charge on any atom is -0.387 e. The summed E-state index contributed by atoms with van der Waals surface area (Å²) >= 11 is 0. The first-order valence-electron chi connectivity index (χ1n) is 9.15. The summed E-state index contributed by atoms with van der Waals surface area (Å²) in [6, 6.07) is 0. The molecule has 154 valence electrons. The fourth-order valence-corrected chi connectivity index (χ4v) is 3.32. The average Bonchev–Trinajstić information content (AvgIpc) is 3.40. The number of nitrogens with zero attached hydrogens (tertiary/aromatic N) is 6. The van der Waals surface area contributed by atoms with Gasteiger partial charge in [-0.2, -0.15) is 5.10 Å². The van der Waals surface area contributed by atoms with Crippen LogP contribution in [0.15, 0.2) is 18.7 Å². The molecule has 1 amide bonds. The van der Waals surface area contributed by atoms with Crippen molar-refractivity contribution >= 4 is 22.9 Å². The molecule has 12 heteroatoms. The molecule has 1 fully saturated rings. The summed E-state index contributed by atoms with van der Waals surface area (Å²) in [5, 5.41) is 30.5. The van der Waals surface area contributed by atoms with Gasteiger partial charge in [0, 0.05) is 26.8 Å². The number of aromatic nitrogens is 6. The number of ether oxygens (including phenoxy) is 1. The molecule has 4 heterocycles. The van der Waals surface area contributed by atoms with Crippen molar-refractivity contribution in [2.75, 3.05) is 18.9 Å². The van der Waals surface area contributed by atoms with Crippen molar-refractivity contribution < 1.29 is 19.7 Å². The second kappa shape index (κ2) is 7.39. The van der Waals surface area contributed by atoms with E-state index < -0.39 is 30.4 Å². The molecule has 29 heavy (non-hydrogen) atoms. The SMILES string of the molecule is CCNC(=O)[C@@H]1OC(n2cnc3c(NC)nc(-c4cnn(C)c4)nc32)C(O)C1O. The molecular formula is C17H22N8O4. The smallest absolute Gasteiger partial charge is 0.252 e. The number of carbonyl (C=O) groups is 1. The number of likely N-dealkylation sites (N-methyl/N-ethyl adjacent to an activating group) is 1. The number of anilines is 1. The van der Waals surface area contributed by atoms with Crippen LogP contribution in [-0.2, 0) is 16.6 Å². The Morgan fingerprint density at radius 1 is 1.31 bits per heavy atom. The van der Waals surface area contributed by atoms with Crippen LogP contribution in [0.4, 0.5) is 5.82 Å². The fourth-order valence-electron chi connectivity index (χ4n) is 3.32. The van der Waals surface area contributed by atoms with Crippen LogP contribution in [0.25, 0.3) is 22.6 Å². The maximum absolute atomic E-state index is 12.1. The number of aliphatic hydroxyl groups excluding tert-OH is 2. The molecule has 0 aliphatic carbocycles. The van der Waals surface area contributed by atoms with Gasteiger partial charge in [-0.05, 0) is 6.92 Å². The number of nitrogens with one attached hydrogen (secondary N) is 2. The molecule has 1 saturated heterocycles. The first-order valence-corrected chi connectivity index (χ1v) is 9.15. The maximum atomic E-state index is 12.1. The number of aryl methyl sites for hydroxylation is 1. The van der Waals surface area contributed by atoms with Crippen molar-refractivity contribution in [1.29, 1.82) is 0 Å². The summed E-state index contributed by atoms with van der Waals surface area (Å²) in [5.41, 5.74) is 1.55. The van der Waals surface area contributed by atoms with E-state index in [4.69, 9.17) is 4.74 Å². The molecule has 0 saturated carbocycles. The van der Waals surface area contributed by atoms with E-state index in [1.165, 1.54) is 10.9 Å². The molecule has 12 nitrogen and oxygen atoms in total. The van der Waals surface area contributed by atoms with Crippen molar-refractivity contribution in [2.24, 2.45) is 7.05 Å². The van der Waals surface area contributed by atoms with Gasteiger partial charge in [0.15, 0.2) is 35.1 Å². The highest BCUT2D eigenvalue weighted by Gasteiger charge is 2.47. The van der Waals surface area contributed by atoms with E-state index >= 15 is 0 Å². The number of fused-ring (bicyclic) bond motifs is 1. The van der Waals surface area contributed by atoms with Gasteiger partial charge < -0.3 is 25.6 Å². The Labute approximate surface area is 165 Å². The zero-order valence-electron chi connectivity index (χ0n) is 16.1. The molecule has 3 unspecified atom stereocenters. The highest BCUT2D eigenvalue weighted by Crippen LogP contribution is 2.33. The quantitative estimate of drug-likeness (QED) is 0.422. The van der Waals surface area contributed by atoms with Crippen LogP contribution in [0.3, 0.4) is 0 Å². The molecule has 4 rings (SSSR count). The third-order valence-electron chi connectivity index (χ3n) is 4.74. The molecule has 0 bridgehead atoms. The van der Waals surface area contributed by atoms with Crippen molar-refractivity contribution in [3.63, 3.8) is 0 Å². The second-order valence-electron chi connectivity index (χ2n) is 6.70. The molecule has 4 N–H and O–H groups in total. The molecule has 3 aromatic heterocycles. The van der Waals surface area contributed by atoms with Gasteiger partial charge in [0.1, 0.15) is 12.2 Å². The van der Waals surface area contributed by atoms with Crippen LogP contribution in [0.2, 0.25) is 0 Å². The van der Waals surface area contributed by atoms with Crippen LogP contribution in [0.5, 0.6) is 0 Å². The van der Waals surface area contributed by atoms with Gasteiger partial charge in [0.05, 0.1) is 18.1 Å². The van der Waals surface area contributed by atoms with Gasteiger partial charge in [-0.1, -0.05) is 0 Å². The van der Waals surface area contributed by atoms with E-state index in [1.54, 1.807) is 38.1 Å². The summed E-state index contributed by atoms with van der Waals surface area (Å²) < 4.78 is 8.82. The zero-order chi connectivity index (χ0) is 20.7. The summed E-state index contributed by atoms with van der Waals surface area (Å²) in [4.78, 5) is 25.5. The number of aliphatic hydroxyl groups is 2. The minimum atomic E-state index is -1.38. The molecule has 3 aromatic rings. The van der Waals surface area contributed by atoms with Gasteiger partial charge >= 0.3 is 0 Å². The Kier molecular flexibility index (Phi) is 4.90.